The maximum atomic E-state index is 12.6. The quantitative estimate of drug-likeness (QED) is 0.825. The SMILES string of the molecule is CCSC1=NC2(CCN(C(=O)Nc3ccccc3)CC2)N=C1c1ccccc1. The smallest absolute Gasteiger partial charge is 0.321 e. The van der Waals surface area contributed by atoms with Crippen LogP contribution in [0.5, 0.6) is 0 Å². The van der Waals surface area contributed by atoms with Crippen molar-refractivity contribution in [3.63, 3.8) is 0 Å². The minimum Gasteiger partial charge on any atom is -0.324 e. The van der Waals surface area contributed by atoms with Crippen molar-refractivity contribution in [3.05, 3.63) is 66.2 Å². The van der Waals surface area contributed by atoms with Gasteiger partial charge in [-0.25, -0.2) is 9.79 Å². The van der Waals surface area contributed by atoms with Gasteiger partial charge in [-0.15, -0.1) is 11.8 Å². The monoisotopic (exact) mass is 392 g/mol. The van der Waals surface area contributed by atoms with Crippen LogP contribution in [0.15, 0.2) is 70.6 Å². The lowest BCUT2D eigenvalue weighted by atomic mass is 9.99. The van der Waals surface area contributed by atoms with E-state index in [1.54, 1.807) is 11.8 Å². The fraction of sp³-hybridized carbons (Fsp3) is 0.318. The Bertz CT molecular complexity index is 887. The predicted molar refractivity (Wildman–Crippen MR) is 118 cm³/mol. The summed E-state index contributed by atoms with van der Waals surface area (Å²) in [6.07, 6.45) is 1.50. The van der Waals surface area contributed by atoms with E-state index in [9.17, 15) is 4.79 Å². The molecule has 0 bridgehead atoms. The second kappa shape index (κ2) is 8.19. The number of anilines is 1. The summed E-state index contributed by atoms with van der Waals surface area (Å²) in [5.74, 6) is 0.965. The van der Waals surface area contributed by atoms with Gasteiger partial charge in [0.05, 0.1) is 5.71 Å². The number of thioether (sulfide) groups is 1. The Morgan fingerprint density at radius 2 is 1.68 bits per heavy atom. The maximum Gasteiger partial charge on any atom is 0.321 e. The lowest BCUT2D eigenvalue weighted by Gasteiger charge is -2.35. The number of carbonyl (C=O) groups is 1. The molecule has 144 valence electrons. The normalized spacial score (nSPS) is 18.0. The Labute approximate surface area is 170 Å². The molecule has 0 aromatic heterocycles. The van der Waals surface area contributed by atoms with Crippen LogP contribution in [-0.4, -0.2) is 46.2 Å². The molecular weight excluding hydrogens is 368 g/mol. The van der Waals surface area contributed by atoms with E-state index >= 15 is 0 Å². The van der Waals surface area contributed by atoms with Gasteiger partial charge >= 0.3 is 6.03 Å². The lowest BCUT2D eigenvalue weighted by molar-refractivity contribution is 0.175. The molecule has 2 aliphatic rings. The van der Waals surface area contributed by atoms with Crippen LogP contribution in [0.3, 0.4) is 0 Å². The molecule has 0 radical (unpaired) electrons. The van der Waals surface area contributed by atoms with Gasteiger partial charge in [0.1, 0.15) is 5.04 Å². The van der Waals surface area contributed by atoms with Gasteiger partial charge in [0.15, 0.2) is 5.66 Å². The molecule has 2 aromatic rings. The summed E-state index contributed by atoms with van der Waals surface area (Å²) >= 11 is 1.74. The highest BCUT2D eigenvalue weighted by atomic mass is 32.2. The summed E-state index contributed by atoms with van der Waals surface area (Å²) in [4.78, 5) is 24.5. The maximum absolute atomic E-state index is 12.6. The Balaban J connectivity index is 1.47. The highest BCUT2D eigenvalue weighted by Gasteiger charge is 2.40. The van der Waals surface area contributed by atoms with Crippen LogP contribution in [0.25, 0.3) is 0 Å². The fourth-order valence-corrected chi connectivity index (χ4v) is 4.37. The first kappa shape index (κ1) is 18.7. The average molecular weight is 393 g/mol. The number of urea groups is 1. The van der Waals surface area contributed by atoms with Crippen LogP contribution in [0, 0.1) is 0 Å². The molecule has 6 heteroatoms. The first-order valence-electron chi connectivity index (χ1n) is 9.68. The molecule has 1 N–H and O–H groups in total. The molecule has 1 spiro atoms. The van der Waals surface area contributed by atoms with Gasteiger partial charge in [-0.05, 0) is 17.9 Å². The number of hydrogen-bond donors (Lipinski definition) is 1. The van der Waals surface area contributed by atoms with Crippen LogP contribution < -0.4 is 5.32 Å². The minimum absolute atomic E-state index is 0.0570. The van der Waals surface area contributed by atoms with Crippen LogP contribution in [0.4, 0.5) is 10.5 Å². The van der Waals surface area contributed by atoms with E-state index in [-0.39, 0.29) is 6.03 Å². The van der Waals surface area contributed by atoms with Gasteiger partial charge in [-0.2, -0.15) is 0 Å². The van der Waals surface area contributed by atoms with E-state index in [4.69, 9.17) is 9.98 Å². The van der Waals surface area contributed by atoms with Crippen LogP contribution in [0.1, 0.15) is 25.3 Å². The summed E-state index contributed by atoms with van der Waals surface area (Å²) in [6, 6.07) is 19.8. The Kier molecular flexibility index (Phi) is 5.48. The van der Waals surface area contributed by atoms with Crippen molar-refractivity contribution in [1.29, 1.82) is 0 Å². The largest absolute Gasteiger partial charge is 0.324 e. The second-order valence-corrected chi connectivity index (χ2v) is 8.19. The Morgan fingerprint density at radius 3 is 2.32 bits per heavy atom. The minimum atomic E-state index is -0.424. The molecular formula is C22H24N4OS. The van der Waals surface area contributed by atoms with E-state index in [0.717, 1.165) is 40.6 Å². The standard InChI is InChI=1S/C22H24N4OS/c1-2-28-20-19(17-9-5-3-6-10-17)24-22(25-20)13-15-26(16-14-22)21(27)23-18-11-7-4-8-12-18/h3-12H,2,13-16H2,1H3,(H,23,27). The first-order valence-corrected chi connectivity index (χ1v) is 10.7. The fourth-order valence-electron chi connectivity index (χ4n) is 3.56. The molecule has 4 rings (SSSR count). The first-order chi connectivity index (χ1) is 13.7. The van der Waals surface area contributed by atoms with Crippen molar-refractivity contribution in [2.45, 2.75) is 25.4 Å². The molecule has 28 heavy (non-hydrogen) atoms. The summed E-state index contributed by atoms with van der Waals surface area (Å²) in [6.45, 7) is 3.44. The van der Waals surface area contributed by atoms with Crippen LogP contribution in [0.2, 0.25) is 0 Å². The number of hydrogen-bond acceptors (Lipinski definition) is 4. The zero-order valence-electron chi connectivity index (χ0n) is 16.0. The third-order valence-electron chi connectivity index (χ3n) is 5.04. The van der Waals surface area contributed by atoms with E-state index in [1.807, 2.05) is 53.4 Å². The Hall–Kier alpha value is -2.60. The summed E-state index contributed by atoms with van der Waals surface area (Å²) < 4.78 is 0. The number of likely N-dealkylation sites (tertiary alicyclic amines) is 1. The van der Waals surface area contributed by atoms with Gasteiger partial charge < -0.3 is 10.2 Å². The number of nitrogens with zero attached hydrogens (tertiary/aromatic N) is 3. The molecule has 2 aliphatic heterocycles. The van der Waals surface area contributed by atoms with Gasteiger partial charge in [-0.3, -0.25) is 4.99 Å². The third kappa shape index (κ3) is 3.97. The highest BCUT2D eigenvalue weighted by molar-refractivity contribution is 8.15. The molecule has 0 aliphatic carbocycles. The molecule has 1 fully saturated rings. The molecule has 2 heterocycles. The molecule has 2 aromatic carbocycles. The van der Waals surface area contributed by atoms with E-state index in [0.29, 0.717) is 13.1 Å². The number of carbonyl (C=O) groups excluding carboxylic acids is 1. The molecule has 0 atom stereocenters. The highest BCUT2D eigenvalue weighted by Crippen LogP contribution is 2.35. The van der Waals surface area contributed by atoms with E-state index < -0.39 is 5.66 Å². The van der Waals surface area contributed by atoms with Crippen molar-refractivity contribution >= 4 is 34.2 Å². The predicted octanol–water partition coefficient (Wildman–Crippen LogP) is 4.67. The number of amides is 2. The number of benzene rings is 2. The van der Waals surface area contributed by atoms with Crippen molar-refractivity contribution in [2.75, 3.05) is 24.2 Å². The zero-order chi connectivity index (χ0) is 19.4. The van der Waals surface area contributed by atoms with Crippen LogP contribution in [-0.2, 0) is 0 Å². The van der Waals surface area contributed by atoms with E-state index in [1.165, 1.54) is 0 Å². The average Bonchev–Trinajstić information content (AvgIpc) is 3.08. The van der Waals surface area contributed by atoms with Gasteiger partial charge in [-0.1, -0.05) is 55.5 Å². The van der Waals surface area contributed by atoms with Gasteiger partial charge in [0.25, 0.3) is 0 Å². The van der Waals surface area contributed by atoms with Gasteiger partial charge in [0.2, 0.25) is 0 Å². The van der Waals surface area contributed by atoms with Crippen molar-refractivity contribution < 1.29 is 4.79 Å². The summed E-state index contributed by atoms with van der Waals surface area (Å²) in [5, 5.41) is 3.99. The number of nitrogens with one attached hydrogen (secondary N) is 1. The van der Waals surface area contributed by atoms with Crippen molar-refractivity contribution in [1.82, 2.24) is 4.90 Å². The number of piperidine rings is 1. The number of aliphatic imine (C=N–C) groups is 2. The molecule has 5 nitrogen and oxygen atoms in total. The summed E-state index contributed by atoms with van der Waals surface area (Å²) in [5.41, 5.74) is 2.50. The lowest BCUT2D eigenvalue weighted by Crippen LogP contribution is -2.46. The Morgan fingerprint density at radius 1 is 1.04 bits per heavy atom. The zero-order valence-corrected chi connectivity index (χ0v) is 16.8. The number of para-hydroxylation sites is 1. The van der Waals surface area contributed by atoms with Crippen molar-refractivity contribution in [3.8, 4) is 0 Å². The third-order valence-corrected chi connectivity index (χ3v) is 5.88. The van der Waals surface area contributed by atoms with Gasteiger partial charge in [0, 0.05) is 37.2 Å². The summed E-state index contributed by atoms with van der Waals surface area (Å²) in [7, 11) is 0. The second-order valence-electron chi connectivity index (χ2n) is 6.94. The molecule has 1 saturated heterocycles. The van der Waals surface area contributed by atoms with Crippen LogP contribution >= 0.6 is 11.8 Å². The topological polar surface area (TPSA) is 57.1 Å². The number of rotatable bonds is 3. The van der Waals surface area contributed by atoms with Crippen molar-refractivity contribution in [2.24, 2.45) is 9.98 Å². The molecule has 2 amide bonds. The molecule has 0 saturated carbocycles. The molecule has 0 unspecified atom stereocenters. The van der Waals surface area contributed by atoms with E-state index in [2.05, 4.69) is 24.4 Å².